The molecule has 110 valence electrons. The van der Waals surface area contributed by atoms with Gasteiger partial charge in [0, 0.05) is 32.1 Å². The monoisotopic (exact) mass is 286 g/mol. The molecular weight excluding hydrogens is 268 g/mol. The van der Waals surface area contributed by atoms with E-state index in [4.69, 9.17) is 4.74 Å². The van der Waals surface area contributed by atoms with Gasteiger partial charge >= 0.3 is 0 Å². The highest BCUT2D eigenvalue weighted by Gasteiger charge is 2.16. The average molecular weight is 286 g/mol. The molecule has 3 rings (SSSR count). The highest BCUT2D eigenvalue weighted by atomic mass is 16.5. The standard InChI is InChI=1S/C15H18N4O2/c1-21-10-11-4-2-5-12(8-11)17-14(20)13-9-19-7-3-6-16-15(19)18-13/h2,4-5,8-9H,3,6-7,10H2,1H3,(H,16,18)(H,17,20). The van der Waals surface area contributed by atoms with Crippen molar-refractivity contribution in [3.63, 3.8) is 0 Å². The van der Waals surface area contributed by atoms with Gasteiger partial charge in [0.1, 0.15) is 5.69 Å². The summed E-state index contributed by atoms with van der Waals surface area (Å²) in [6.45, 7) is 2.31. The summed E-state index contributed by atoms with van der Waals surface area (Å²) in [6.07, 6.45) is 2.83. The van der Waals surface area contributed by atoms with Crippen molar-refractivity contribution in [1.82, 2.24) is 9.55 Å². The van der Waals surface area contributed by atoms with Crippen molar-refractivity contribution in [2.45, 2.75) is 19.6 Å². The highest BCUT2D eigenvalue weighted by Crippen LogP contribution is 2.16. The van der Waals surface area contributed by atoms with Crippen LogP contribution in [0.4, 0.5) is 11.6 Å². The summed E-state index contributed by atoms with van der Waals surface area (Å²) in [5, 5.41) is 6.05. The molecule has 6 heteroatoms. The number of nitrogens with one attached hydrogen (secondary N) is 2. The minimum Gasteiger partial charge on any atom is -0.380 e. The quantitative estimate of drug-likeness (QED) is 0.903. The van der Waals surface area contributed by atoms with Crippen LogP contribution in [-0.4, -0.2) is 29.1 Å². The van der Waals surface area contributed by atoms with E-state index in [2.05, 4.69) is 15.6 Å². The summed E-state index contributed by atoms with van der Waals surface area (Å²) in [6, 6.07) is 7.60. The minimum atomic E-state index is -0.201. The first kappa shape index (κ1) is 13.6. The molecule has 0 spiro atoms. The molecule has 1 aliphatic rings. The smallest absolute Gasteiger partial charge is 0.275 e. The van der Waals surface area contributed by atoms with Crippen molar-refractivity contribution in [3.8, 4) is 0 Å². The topological polar surface area (TPSA) is 68.2 Å². The molecule has 21 heavy (non-hydrogen) atoms. The van der Waals surface area contributed by atoms with Gasteiger partial charge in [0.2, 0.25) is 5.95 Å². The van der Waals surface area contributed by atoms with E-state index in [9.17, 15) is 4.79 Å². The molecule has 2 aromatic rings. The van der Waals surface area contributed by atoms with Gasteiger partial charge in [-0.1, -0.05) is 12.1 Å². The van der Waals surface area contributed by atoms with Crippen LogP contribution in [0, 0.1) is 0 Å². The fraction of sp³-hybridized carbons (Fsp3) is 0.333. The lowest BCUT2D eigenvalue weighted by atomic mass is 10.2. The van der Waals surface area contributed by atoms with Crippen molar-refractivity contribution < 1.29 is 9.53 Å². The van der Waals surface area contributed by atoms with E-state index < -0.39 is 0 Å². The zero-order valence-electron chi connectivity index (χ0n) is 11.9. The third-order valence-electron chi connectivity index (χ3n) is 3.36. The number of anilines is 2. The number of methoxy groups -OCH3 is 1. The van der Waals surface area contributed by atoms with E-state index in [1.807, 2.05) is 28.8 Å². The normalized spacial score (nSPS) is 13.4. The Hall–Kier alpha value is -2.34. The van der Waals surface area contributed by atoms with Crippen LogP contribution in [0.25, 0.3) is 0 Å². The Morgan fingerprint density at radius 2 is 2.43 bits per heavy atom. The predicted octanol–water partition coefficient (Wildman–Crippen LogP) is 2.10. The van der Waals surface area contributed by atoms with Gasteiger partial charge in [-0.25, -0.2) is 4.98 Å². The van der Waals surface area contributed by atoms with E-state index >= 15 is 0 Å². The van der Waals surface area contributed by atoms with Gasteiger partial charge in [-0.15, -0.1) is 0 Å². The lowest BCUT2D eigenvalue weighted by Gasteiger charge is -2.14. The number of rotatable bonds is 4. The number of nitrogens with zero attached hydrogens (tertiary/aromatic N) is 2. The summed E-state index contributed by atoms with van der Waals surface area (Å²) in [5.74, 6) is 0.563. The van der Waals surface area contributed by atoms with E-state index in [0.717, 1.165) is 36.7 Å². The number of fused-ring (bicyclic) bond motifs is 1. The van der Waals surface area contributed by atoms with Crippen LogP contribution in [-0.2, 0) is 17.9 Å². The number of hydrogen-bond donors (Lipinski definition) is 2. The number of ether oxygens (including phenoxy) is 1. The Morgan fingerprint density at radius 1 is 1.52 bits per heavy atom. The molecule has 0 aliphatic carbocycles. The zero-order chi connectivity index (χ0) is 14.7. The fourth-order valence-electron chi connectivity index (χ4n) is 2.39. The first-order chi connectivity index (χ1) is 10.3. The second-order valence-electron chi connectivity index (χ2n) is 5.01. The Morgan fingerprint density at radius 3 is 3.24 bits per heavy atom. The molecular formula is C15H18N4O2. The molecule has 1 aliphatic heterocycles. The maximum atomic E-state index is 12.3. The number of carbonyl (C=O) groups is 1. The fourth-order valence-corrected chi connectivity index (χ4v) is 2.39. The lowest BCUT2D eigenvalue weighted by molar-refractivity contribution is 0.102. The molecule has 0 fully saturated rings. The van der Waals surface area contributed by atoms with E-state index in [1.165, 1.54) is 0 Å². The Labute approximate surface area is 123 Å². The first-order valence-corrected chi connectivity index (χ1v) is 6.96. The van der Waals surface area contributed by atoms with Gasteiger partial charge in [-0.3, -0.25) is 4.79 Å². The van der Waals surface area contributed by atoms with Crippen LogP contribution >= 0.6 is 0 Å². The molecule has 2 heterocycles. The van der Waals surface area contributed by atoms with Gasteiger partial charge in [0.05, 0.1) is 6.61 Å². The van der Waals surface area contributed by atoms with Gasteiger partial charge in [-0.05, 0) is 24.1 Å². The van der Waals surface area contributed by atoms with Crippen molar-refractivity contribution in [3.05, 3.63) is 41.7 Å². The predicted molar refractivity (Wildman–Crippen MR) is 80.4 cm³/mol. The number of benzene rings is 1. The van der Waals surface area contributed by atoms with E-state index in [-0.39, 0.29) is 5.91 Å². The van der Waals surface area contributed by atoms with Gasteiger partial charge in [0.15, 0.2) is 0 Å². The van der Waals surface area contributed by atoms with Crippen LogP contribution in [0.5, 0.6) is 0 Å². The van der Waals surface area contributed by atoms with Crippen LogP contribution in [0.15, 0.2) is 30.5 Å². The Kier molecular flexibility index (Phi) is 3.87. The maximum Gasteiger partial charge on any atom is 0.275 e. The largest absolute Gasteiger partial charge is 0.380 e. The number of aromatic nitrogens is 2. The van der Waals surface area contributed by atoms with Gasteiger partial charge < -0.3 is 19.9 Å². The number of aryl methyl sites for hydroxylation is 1. The number of imidazole rings is 1. The molecule has 1 aromatic carbocycles. The van der Waals surface area contributed by atoms with Gasteiger partial charge in [-0.2, -0.15) is 0 Å². The summed E-state index contributed by atoms with van der Waals surface area (Å²) >= 11 is 0. The molecule has 2 N–H and O–H groups in total. The Bertz CT molecular complexity index is 627. The summed E-state index contributed by atoms with van der Waals surface area (Å²) < 4.78 is 7.06. The molecule has 0 atom stereocenters. The highest BCUT2D eigenvalue weighted by molar-refractivity contribution is 6.03. The van der Waals surface area contributed by atoms with Crippen molar-refractivity contribution >= 4 is 17.5 Å². The Balaban J connectivity index is 1.73. The summed E-state index contributed by atoms with van der Waals surface area (Å²) in [4.78, 5) is 16.6. The van der Waals surface area contributed by atoms with Gasteiger partial charge in [0.25, 0.3) is 5.91 Å². The molecule has 0 saturated carbocycles. The van der Waals surface area contributed by atoms with E-state index in [0.29, 0.717) is 12.3 Å². The third kappa shape index (κ3) is 3.05. The minimum absolute atomic E-state index is 0.201. The van der Waals surface area contributed by atoms with Crippen LogP contribution in [0.2, 0.25) is 0 Å². The molecule has 0 unspecified atom stereocenters. The summed E-state index contributed by atoms with van der Waals surface area (Å²) in [5.41, 5.74) is 2.19. The van der Waals surface area contributed by atoms with Crippen molar-refractivity contribution in [2.24, 2.45) is 0 Å². The summed E-state index contributed by atoms with van der Waals surface area (Å²) in [7, 11) is 1.65. The molecule has 1 aromatic heterocycles. The first-order valence-electron chi connectivity index (χ1n) is 6.96. The van der Waals surface area contributed by atoms with Crippen molar-refractivity contribution in [2.75, 3.05) is 24.3 Å². The molecule has 6 nitrogen and oxygen atoms in total. The average Bonchev–Trinajstić information content (AvgIpc) is 2.92. The number of carbonyl (C=O) groups excluding carboxylic acids is 1. The second kappa shape index (κ2) is 5.97. The van der Waals surface area contributed by atoms with Crippen molar-refractivity contribution in [1.29, 1.82) is 0 Å². The zero-order valence-corrected chi connectivity index (χ0v) is 11.9. The third-order valence-corrected chi connectivity index (χ3v) is 3.36. The van der Waals surface area contributed by atoms with Crippen LogP contribution < -0.4 is 10.6 Å². The van der Waals surface area contributed by atoms with Crippen LogP contribution in [0.1, 0.15) is 22.5 Å². The lowest BCUT2D eigenvalue weighted by Crippen LogP contribution is -2.16. The maximum absolute atomic E-state index is 12.3. The van der Waals surface area contributed by atoms with Crippen LogP contribution in [0.3, 0.4) is 0 Å². The molecule has 0 saturated heterocycles. The number of hydrogen-bond acceptors (Lipinski definition) is 4. The molecule has 0 bridgehead atoms. The number of amides is 1. The van der Waals surface area contributed by atoms with E-state index in [1.54, 1.807) is 13.3 Å². The molecule has 1 amide bonds. The second-order valence-corrected chi connectivity index (χ2v) is 5.01. The SMILES string of the molecule is COCc1cccc(NC(=O)c2cn3c(n2)NCCC3)c1. The molecule has 0 radical (unpaired) electrons.